The highest BCUT2D eigenvalue weighted by atomic mass is 14.6. The molecule has 0 aliphatic rings. The third kappa shape index (κ3) is 2.09. The van der Waals surface area contributed by atoms with Crippen LogP contribution in [0.3, 0.4) is 0 Å². The van der Waals surface area contributed by atoms with E-state index in [1.165, 1.54) is 11.4 Å². The van der Waals surface area contributed by atoms with Crippen LogP contribution >= 0.6 is 0 Å². The smallest absolute Gasteiger partial charge is 0.0465 e. The van der Waals surface area contributed by atoms with Gasteiger partial charge in [-0.3, -0.25) is 0 Å². The molecule has 0 saturated carbocycles. The van der Waals surface area contributed by atoms with Crippen molar-refractivity contribution in [3.8, 4) is 0 Å². The summed E-state index contributed by atoms with van der Waals surface area (Å²) < 4.78 is 0. The number of aromatic amines is 1. The molecule has 0 amide bonds. The summed E-state index contributed by atoms with van der Waals surface area (Å²) >= 11 is 0. The summed E-state index contributed by atoms with van der Waals surface area (Å²) in [6, 6.07) is 2.02. The summed E-state index contributed by atoms with van der Waals surface area (Å²) in [4.78, 5) is 3.07. The molecule has 0 spiro atoms. The molecule has 1 rings (SSSR count). The first-order valence-electron chi connectivity index (χ1n) is 4.10. The van der Waals surface area contributed by atoms with Crippen LogP contribution in [0.25, 0.3) is 12.2 Å². The zero-order chi connectivity index (χ0) is 8.97. The van der Waals surface area contributed by atoms with Gasteiger partial charge in [-0.05, 0) is 23.3 Å². The fraction of sp³-hybridized carbons (Fsp3) is 0.300. The van der Waals surface area contributed by atoms with Crippen LogP contribution < -0.4 is 10.6 Å². The zero-order valence-electron chi connectivity index (χ0n) is 7.46. The van der Waals surface area contributed by atoms with E-state index < -0.39 is 0 Å². The number of rotatable bonds is 2. The van der Waals surface area contributed by atoms with Gasteiger partial charge in [-0.2, -0.15) is 0 Å². The van der Waals surface area contributed by atoms with Crippen molar-refractivity contribution in [3.63, 3.8) is 0 Å². The molecule has 0 fully saturated rings. The fourth-order valence-electron chi connectivity index (χ4n) is 1.13. The second-order valence-electron chi connectivity index (χ2n) is 3.09. The summed E-state index contributed by atoms with van der Waals surface area (Å²) in [6.07, 6.45) is 7.12. The molecule has 0 aliphatic carbocycles. The van der Waals surface area contributed by atoms with E-state index in [-0.39, 0.29) is 0 Å². The average Bonchev–Trinajstić information content (AvgIpc) is 2.37. The van der Waals surface area contributed by atoms with Crippen molar-refractivity contribution in [1.82, 2.24) is 4.98 Å². The van der Waals surface area contributed by atoms with Gasteiger partial charge < -0.3 is 10.4 Å². The molecule has 2 nitrogen and oxygen atoms in total. The molecule has 1 heterocycles. The van der Waals surface area contributed by atoms with Gasteiger partial charge in [-0.15, -0.1) is 0 Å². The van der Waals surface area contributed by atoms with Crippen molar-refractivity contribution in [2.75, 3.05) is 0 Å². The first-order chi connectivity index (χ1) is 5.74. The van der Waals surface area contributed by atoms with E-state index in [2.05, 4.69) is 24.9 Å². The summed E-state index contributed by atoms with van der Waals surface area (Å²) in [5.41, 5.74) is 0. The quantitative estimate of drug-likeness (QED) is 0.606. The van der Waals surface area contributed by atoms with Crippen molar-refractivity contribution in [2.45, 2.75) is 13.8 Å². The lowest BCUT2D eigenvalue weighted by molar-refractivity contribution is 0.880. The van der Waals surface area contributed by atoms with Gasteiger partial charge in [-0.1, -0.05) is 19.9 Å². The highest BCUT2D eigenvalue weighted by Gasteiger charge is 1.87. The largest absolute Gasteiger partial charge is 0.361 e. The van der Waals surface area contributed by atoms with Gasteiger partial charge in [0.05, 0.1) is 0 Å². The van der Waals surface area contributed by atoms with Crippen LogP contribution in [-0.2, 0) is 0 Å². The van der Waals surface area contributed by atoms with Gasteiger partial charge in [0.25, 0.3) is 0 Å². The van der Waals surface area contributed by atoms with Gasteiger partial charge in [0.1, 0.15) is 0 Å². The topological polar surface area (TPSA) is 39.6 Å². The SMILES string of the molecule is CC(C)/C=c1/cc[nH]/c1=C/C=N. The van der Waals surface area contributed by atoms with E-state index >= 15 is 0 Å². The van der Waals surface area contributed by atoms with Crippen molar-refractivity contribution in [3.05, 3.63) is 22.8 Å². The van der Waals surface area contributed by atoms with Crippen LogP contribution in [0.15, 0.2) is 12.3 Å². The molecule has 1 aromatic heterocycles. The molecule has 0 radical (unpaired) electrons. The van der Waals surface area contributed by atoms with Crippen LogP contribution in [0.2, 0.25) is 0 Å². The van der Waals surface area contributed by atoms with Gasteiger partial charge in [0, 0.05) is 17.8 Å². The minimum absolute atomic E-state index is 0.540. The van der Waals surface area contributed by atoms with Crippen molar-refractivity contribution < 1.29 is 0 Å². The molecular formula is C10H14N2. The Bertz CT molecular complexity index is 357. The molecule has 1 aromatic rings. The number of hydrogen-bond acceptors (Lipinski definition) is 1. The Morgan fingerprint density at radius 3 is 2.83 bits per heavy atom. The van der Waals surface area contributed by atoms with Gasteiger partial charge >= 0.3 is 0 Å². The highest BCUT2D eigenvalue weighted by molar-refractivity contribution is 5.88. The lowest BCUT2D eigenvalue weighted by Crippen LogP contribution is -2.22. The predicted octanol–water partition coefficient (Wildman–Crippen LogP) is 0.881. The van der Waals surface area contributed by atoms with E-state index in [9.17, 15) is 0 Å². The molecule has 0 atom stereocenters. The minimum atomic E-state index is 0.540. The van der Waals surface area contributed by atoms with E-state index in [1.54, 1.807) is 6.08 Å². The predicted molar refractivity (Wildman–Crippen MR) is 52.6 cm³/mol. The molecule has 2 N–H and O–H groups in total. The summed E-state index contributed by atoms with van der Waals surface area (Å²) in [7, 11) is 0. The van der Waals surface area contributed by atoms with Crippen LogP contribution in [0.4, 0.5) is 0 Å². The molecule has 0 aromatic carbocycles. The van der Waals surface area contributed by atoms with Crippen LogP contribution in [0, 0.1) is 11.3 Å². The third-order valence-electron chi connectivity index (χ3n) is 1.58. The lowest BCUT2D eigenvalue weighted by Gasteiger charge is -1.89. The standard InChI is InChI=1S/C10H14N2/c1-8(2)7-9-4-6-12-10(9)3-5-11/h3-8,11-12H,1-2H3/b9-7-,10-3+,11-5?. The average molecular weight is 162 g/mol. The maximum absolute atomic E-state index is 6.94. The Labute approximate surface area is 72.1 Å². The number of nitrogens with one attached hydrogen (secondary N) is 2. The molecule has 2 heteroatoms. The third-order valence-corrected chi connectivity index (χ3v) is 1.58. The first-order valence-corrected chi connectivity index (χ1v) is 4.10. The summed E-state index contributed by atoms with van der Waals surface area (Å²) in [5, 5.41) is 9.13. The van der Waals surface area contributed by atoms with Crippen molar-refractivity contribution in [2.24, 2.45) is 5.92 Å². The van der Waals surface area contributed by atoms with E-state index in [0.717, 1.165) is 5.35 Å². The monoisotopic (exact) mass is 162 g/mol. The van der Waals surface area contributed by atoms with Crippen LogP contribution in [0.1, 0.15) is 13.8 Å². The van der Waals surface area contributed by atoms with Gasteiger partial charge in [0.15, 0.2) is 0 Å². The van der Waals surface area contributed by atoms with Gasteiger partial charge in [0.2, 0.25) is 0 Å². The molecule has 0 saturated heterocycles. The Morgan fingerprint density at radius 2 is 2.25 bits per heavy atom. The van der Waals surface area contributed by atoms with E-state index in [1.807, 2.05) is 12.3 Å². The Balaban J connectivity index is 3.25. The van der Waals surface area contributed by atoms with E-state index in [4.69, 9.17) is 5.41 Å². The molecular weight excluding hydrogens is 148 g/mol. The highest BCUT2D eigenvalue weighted by Crippen LogP contribution is 1.90. The lowest BCUT2D eigenvalue weighted by atomic mass is 10.2. The summed E-state index contributed by atoms with van der Waals surface area (Å²) in [5.74, 6) is 0.540. The van der Waals surface area contributed by atoms with Crippen LogP contribution in [-0.4, -0.2) is 11.2 Å². The Morgan fingerprint density at radius 1 is 1.50 bits per heavy atom. The first kappa shape index (κ1) is 8.78. The normalized spacial score (nSPS) is 14.2. The van der Waals surface area contributed by atoms with Crippen molar-refractivity contribution >= 4 is 18.4 Å². The molecule has 0 bridgehead atoms. The maximum atomic E-state index is 6.94. The molecule has 64 valence electrons. The van der Waals surface area contributed by atoms with Crippen molar-refractivity contribution in [1.29, 1.82) is 5.41 Å². The van der Waals surface area contributed by atoms with Gasteiger partial charge in [-0.25, -0.2) is 0 Å². The van der Waals surface area contributed by atoms with Crippen LogP contribution in [0.5, 0.6) is 0 Å². The molecule has 0 unspecified atom stereocenters. The number of hydrogen-bond donors (Lipinski definition) is 2. The second-order valence-corrected chi connectivity index (χ2v) is 3.09. The summed E-state index contributed by atoms with van der Waals surface area (Å²) in [6.45, 7) is 4.28. The second kappa shape index (κ2) is 3.90. The minimum Gasteiger partial charge on any atom is -0.361 e. The Kier molecular flexibility index (Phi) is 2.86. The van der Waals surface area contributed by atoms with E-state index in [0.29, 0.717) is 5.92 Å². The zero-order valence-corrected chi connectivity index (χ0v) is 7.46. The number of aromatic nitrogens is 1. The molecule has 0 aliphatic heterocycles. The number of H-pyrrole nitrogens is 1. The Hall–Kier alpha value is -1.31. The molecule has 12 heavy (non-hydrogen) atoms. The maximum Gasteiger partial charge on any atom is 0.0465 e. The fourth-order valence-corrected chi connectivity index (χ4v) is 1.13.